The van der Waals surface area contributed by atoms with Gasteiger partial charge in [-0.1, -0.05) is 60.7 Å². The minimum absolute atomic E-state index is 0.256. The van der Waals surface area contributed by atoms with E-state index in [1.165, 1.54) is 0 Å². The molecule has 5 N–H and O–H groups in total. The van der Waals surface area contributed by atoms with Gasteiger partial charge in [-0.3, -0.25) is 5.32 Å². The predicted molar refractivity (Wildman–Crippen MR) is 83.4 cm³/mol. The smallest absolute Gasteiger partial charge is 0.110 e. The monoisotopic (exact) mass is 286 g/mol. The van der Waals surface area contributed by atoms with Gasteiger partial charge in [-0.2, -0.15) is 0 Å². The minimum atomic E-state index is -1.05. The second-order valence-corrected chi connectivity index (χ2v) is 5.33. The Hall–Kier alpha value is -1.72. The summed E-state index contributed by atoms with van der Waals surface area (Å²) in [6.45, 7) is -0.256. The summed E-state index contributed by atoms with van der Waals surface area (Å²) >= 11 is 0. The summed E-state index contributed by atoms with van der Waals surface area (Å²) in [5, 5.41) is 22.6. The van der Waals surface area contributed by atoms with E-state index in [1.807, 2.05) is 60.7 Å². The first kappa shape index (κ1) is 15.7. The molecule has 2 rings (SSSR count). The average molecular weight is 286 g/mol. The van der Waals surface area contributed by atoms with Gasteiger partial charge in [-0.25, -0.2) is 0 Å². The Morgan fingerprint density at radius 1 is 0.952 bits per heavy atom. The molecule has 0 aliphatic heterocycles. The number of hydrogen-bond acceptors (Lipinski definition) is 4. The lowest BCUT2D eigenvalue weighted by Gasteiger charge is -2.31. The van der Waals surface area contributed by atoms with Gasteiger partial charge in [0.2, 0.25) is 0 Å². The summed E-state index contributed by atoms with van der Waals surface area (Å²) < 4.78 is 0. The van der Waals surface area contributed by atoms with Crippen molar-refractivity contribution < 1.29 is 10.2 Å². The van der Waals surface area contributed by atoms with Crippen LogP contribution >= 0.6 is 0 Å². The molecule has 4 nitrogen and oxygen atoms in total. The van der Waals surface area contributed by atoms with Crippen LogP contribution in [0.4, 0.5) is 0 Å². The van der Waals surface area contributed by atoms with Crippen molar-refractivity contribution in [1.29, 1.82) is 0 Å². The highest BCUT2D eigenvalue weighted by atomic mass is 16.3. The van der Waals surface area contributed by atoms with E-state index in [4.69, 9.17) is 5.73 Å². The molecule has 4 heteroatoms. The highest BCUT2D eigenvalue weighted by Gasteiger charge is 2.26. The van der Waals surface area contributed by atoms with Gasteiger partial charge in [-0.05, 0) is 11.1 Å². The van der Waals surface area contributed by atoms with Crippen molar-refractivity contribution in [2.75, 3.05) is 6.61 Å². The van der Waals surface area contributed by atoms with Gasteiger partial charge >= 0.3 is 0 Å². The first-order chi connectivity index (χ1) is 10.1. The lowest BCUT2D eigenvalue weighted by molar-refractivity contribution is 0.0610. The van der Waals surface area contributed by atoms with Crippen LogP contribution in [0.15, 0.2) is 60.7 Å². The Kier molecular flexibility index (Phi) is 5.47. The molecule has 0 saturated carbocycles. The van der Waals surface area contributed by atoms with Crippen molar-refractivity contribution >= 4 is 0 Å². The van der Waals surface area contributed by atoms with Gasteiger partial charge in [0, 0.05) is 12.8 Å². The molecule has 0 amide bonds. The van der Waals surface area contributed by atoms with Gasteiger partial charge in [0.25, 0.3) is 0 Å². The summed E-state index contributed by atoms with van der Waals surface area (Å²) in [7, 11) is 0. The molecule has 0 bridgehead atoms. The van der Waals surface area contributed by atoms with Gasteiger partial charge in [-0.15, -0.1) is 0 Å². The van der Waals surface area contributed by atoms with Crippen LogP contribution in [-0.2, 0) is 12.8 Å². The van der Waals surface area contributed by atoms with Gasteiger partial charge in [0.1, 0.15) is 6.23 Å². The number of aliphatic hydroxyl groups is 2. The zero-order valence-corrected chi connectivity index (χ0v) is 11.9. The van der Waals surface area contributed by atoms with Crippen LogP contribution in [0.2, 0.25) is 0 Å². The Morgan fingerprint density at radius 3 is 2.00 bits per heavy atom. The topological polar surface area (TPSA) is 78.5 Å². The summed E-state index contributed by atoms with van der Waals surface area (Å²) in [6, 6.07) is 19.3. The van der Waals surface area contributed by atoms with E-state index in [1.54, 1.807) is 0 Å². The Balaban J connectivity index is 1.97. The third-order valence-corrected chi connectivity index (χ3v) is 3.37. The molecule has 0 aliphatic carbocycles. The predicted octanol–water partition coefficient (Wildman–Crippen LogP) is 1.03. The molecule has 21 heavy (non-hydrogen) atoms. The Morgan fingerprint density at radius 2 is 1.48 bits per heavy atom. The van der Waals surface area contributed by atoms with Crippen LogP contribution in [0.3, 0.4) is 0 Å². The summed E-state index contributed by atoms with van der Waals surface area (Å²) in [4.78, 5) is 0. The summed E-state index contributed by atoms with van der Waals surface area (Å²) in [5.74, 6) is 0. The van der Waals surface area contributed by atoms with Gasteiger partial charge in [0.05, 0.1) is 12.3 Å². The van der Waals surface area contributed by atoms with Crippen LogP contribution in [0.1, 0.15) is 11.1 Å². The molecule has 0 saturated heterocycles. The van der Waals surface area contributed by atoms with Gasteiger partial charge < -0.3 is 15.9 Å². The van der Waals surface area contributed by atoms with E-state index in [0.29, 0.717) is 12.8 Å². The molecule has 0 radical (unpaired) electrons. The van der Waals surface area contributed by atoms with E-state index in [9.17, 15) is 10.2 Å². The Labute approximate surface area is 125 Å². The fraction of sp³-hybridized carbons (Fsp3) is 0.294. The number of nitrogens with one attached hydrogen (secondary N) is 1. The van der Waals surface area contributed by atoms with Crippen molar-refractivity contribution in [1.82, 2.24) is 5.32 Å². The molecule has 112 valence electrons. The lowest BCUT2D eigenvalue weighted by Crippen LogP contribution is -2.61. The number of hydrogen-bond donors (Lipinski definition) is 4. The number of benzene rings is 2. The maximum absolute atomic E-state index is 10.1. The van der Waals surface area contributed by atoms with Crippen molar-refractivity contribution in [2.24, 2.45) is 5.73 Å². The standard InChI is InChI=1S/C17H22N2O2/c18-17(13-20,12-15-9-5-2-6-10-15)19-16(21)11-14-7-3-1-4-8-14/h1-10,16,19-21H,11-13,18H2/t16-,17-/m0/s1. The largest absolute Gasteiger partial charge is 0.393 e. The lowest BCUT2D eigenvalue weighted by atomic mass is 10.00. The van der Waals surface area contributed by atoms with Gasteiger partial charge in [0.15, 0.2) is 0 Å². The fourth-order valence-electron chi connectivity index (χ4n) is 2.33. The number of aliphatic hydroxyl groups excluding tert-OH is 2. The molecular weight excluding hydrogens is 264 g/mol. The summed E-state index contributed by atoms with van der Waals surface area (Å²) in [6.07, 6.45) is 0.0679. The van der Waals surface area contributed by atoms with E-state index in [-0.39, 0.29) is 6.61 Å². The van der Waals surface area contributed by atoms with E-state index < -0.39 is 11.9 Å². The molecule has 2 aromatic rings. The third-order valence-electron chi connectivity index (χ3n) is 3.37. The van der Waals surface area contributed by atoms with Crippen LogP contribution in [0.25, 0.3) is 0 Å². The zero-order chi connectivity index (χ0) is 15.1. The van der Waals surface area contributed by atoms with Crippen molar-refractivity contribution in [3.05, 3.63) is 71.8 Å². The SMILES string of the molecule is N[C@@](CO)(Cc1ccccc1)N[C@@H](O)Cc1ccccc1. The average Bonchev–Trinajstić information content (AvgIpc) is 2.49. The molecule has 0 unspecified atom stereocenters. The van der Waals surface area contributed by atoms with Crippen LogP contribution in [0, 0.1) is 0 Å². The van der Waals surface area contributed by atoms with E-state index >= 15 is 0 Å². The number of rotatable bonds is 7. The van der Waals surface area contributed by atoms with Crippen molar-refractivity contribution in [3.63, 3.8) is 0 Å². The first-order valence-corrected chi connectivity index (χ1v) is 7.05. The second kappa shape index (κ2) is 7.33. The van der Waals surface area contributed by atoms with Crippen LogP contribution in [-0.4, -0.2) is 28.7 Å². The molecular formula is C17H22N2O2. The maximum Gasteiger partial charge on any atom is 0.110 e. The number of nitrogens with two attached hydrogens (primary N) is 1. The Bertz CT molecular complexity index is 533. The molecule has 0 fully saturated rings. The molecule has 2 atom stereocenters. The zero-order valence-electron chi connectivity index (χ0n) is 11.9. The van der Waals surface area contributed by atoms with Crippen molar-refractivity contribution in [2.45, 2.75) is 24.7 Å². The normalized spacial score (nSPS) is 15.4. The molecule has 0 heterocycles. The van der Waals surface area contributed by atoms with E-state index in [2.05, 4.69) is 5.32 Å². The molecule has 0 aromatic heterocycles. The van der Waals surface area contributed by atoms with Crippen molar-refractivity contribution in [3.8, 4) is 0 Å². The highest BCUT2D eigenvalue weighted by molar-refractivity contribution is 5.18. The van der Waals surface area contributed by atoms with E-state index in [0.717, 1.165) is 11.1 Å². The summed E-state index contributed by atoms with van der Waals surface area (Å²) in [5.41, 5.74) is 7.14. The van der Waals surface area contributed by atoms with Crippen LogP contribution in [0.5, 0.6) is 0 Å². The second-order valence-electron chi connectivity index (χ2n) is 5.33. The molecule has 0 spiro atoms. The molecule has 0 aliphatic rings. The highest BCUT2D eigenvalue weighted by Crippen LogP contribution is 2.10. The quantitative estimate of drug-likeness (QED) is 0.573. The van der Waals surface area contributed by atoms with Crippen LogP contribution < -0.4 is 11.1 Å². The third kappa shape index (κ3) is 4.95. The minimum Gasteiger partial charge on any atom is -0.393 e. The fourth-order valence-corrected chi connectivity index (χ4v) is 2.33. The molecule has 2 aromatic carbocycles. The first-order valence-electron chi connectivity index (χ1n) is 7.05. The maximum atomic E-state index is 10.1.